The molecule has 0 saturated carbocycles. The monoisotopic (exact) mass is 255 g/mol. The van der Waals surface area contributed by atoms with Crippen LogP contribution in [0.4, 0.5) is 5.69 Å². The lowest BCUT2D eigenvalue weighted by Crippen LogP contribution is -2.26. The normalized spacial score (nSPS) is 10.4. The summed E-state index contributed by atoms with van der Waals surface area (Å²) in [6, 6.07) is 20.8. The summed E-state index contributed by atoms with van der Waals surface area (Å²) in [4.78, 5) is 2.32. The third kappa shape index (κ3) is 4.42. The van der Waals surface area contributed by atoms with E-state index in [1.165, 1.54) is 11.3 Å². The minimum absolute atomic E-state index is 0.688. The zero-order chi connectivity index (χ0) is 13.3. The average molecular weight is 255 g/mol. The highest BCUT2D eigenvalue weighted by molar-refractivity contribution is 5.45. The molecular formula is C17H21NO. The molecule has 0 unspecified atom stereocenters. The number of likely N-dealkylation sites (N-methyl/N-ethyl adjacent to an activating group) is 1. The Morgan fingerprint density at radius 1 is 0.895 bits per heavy atom. The zero-order valence-electron chi connectivity index (χ0n) is 11.5. The molecule has 0 amide bonds. The first-order chi connectivity index (χ1) is 9.40. The fraction of sp³-hybridized carbons (Fsp3) is 0.294. The Labute approximate surface area is 115 Å². The van der Waals surface area contributed by atoms with Crippen LogP contribution in [0.3, 0.4) is 0 Å². The van der Waals surface area contributed by atoms with E-state index in [-0.39, 0.29) is 0 Å². The predicted molar refractivity (Wildman–Crippen MR) is 80.4 cm³/mol. The Kier molecular flexibility index (Phi) is 5.45. The van der Waals surface area contributed by atoms with Crippen molar-refractivity contribution >= 4 is 5.69 Å². The molecule has 0 heterocycles. The standard InChI is InChI=1S/C17H21NO/c1-2-18(17-11-7-4-8-12-17)13-14-19-15-16-9-5-3-6-10-16/h3-12H,2,13-15H2,1H3. The smallest absolute Gasteiger partial charge is 0.0717 e. The summed E-state index contributed by atoms with van der Waals surface area (Å²) in [7, 11) is 0. The molecule has 2 aromatic rings. The van der Waals surface area contributed by atoms with Gasteiger partial charge in [0.2, 0.25) is 0 Å². The van der Waals surface area contributed by atoms with Gasteiger partial charge in [0, 0.05) is 18.8 Å². The number of ether oxygens (including phenoxy) is 1. The molecule has 2 heteroatoms. The molecule has 2 aromatic carbocycles. The Hall–Kier alpha value is -1.80. The van der Waals surface area contributed by atoms with Crippen LogP contribution in [-0.4, -0.2) is 19.7 Å². The molecule has 0 spiro atoms. The van der Waals surface area contributed by atoms with Crippen LogP contribution in [0.1, 0.15) is 12.5 Å². The zero-order valence-corrected chi connectivity index (χ0v) is 11.5. The van der Waals surface area contributed by atoms with E-state index >= 15 is 0 Å². The minimum Gasteiger partial charge on any atom is -0.375 e. The van der Waals surface area contributed by atoms with Crippen molar-refractivity contribution in [2.75, 3.05) is 24.6 Å². The maximum absolute atomic E-state index is 5.73. The van der Waals surface area contributed by atoms with Crippen LogP contribution in [0.15, 0.2) is 60.7 Å². The quantitative estimate of drug-likeness (QED) is 0.699. The third-order valence-corrected chi connectivity index (χ3v) is 3.12. The summed E-state index contributed by atoms with van der Waals surface area (Å²) in [5.41, 5.74) is 2.48. The van der Waals surface area contributed by atoms with Crippen LogP contribution < -0.4 is 4.90 Å². The van der Waals surface area contributed by atoms with Crippen molar-refractivity contribution < 1.29 is 4.74 Å². The van der Waals surface area contributed by atoms with Gasteiger partial charge in [0.25, 0.3) is 0 Å². The van der Waals surface area contributed by atoms with Crippen molar-refractivity contribution in [2.24, 2.45) is 0 Å². The SMILES string of the molecule is CCN(CCOCc1ccccc1)c1ccccc1. The van der Waals surface area contributed by atoms with Crippen molar-refractivity contribution in [1.29, 1.82) is 0 Å². The van der Waals surface area contributed by atoms with Gasteiger partial charge in [-0.05, 0) is 24.6 Å². The van der Waals surface area contributed by atoms with Crippen LogP contribution in [0, 0.1) is 0 Å². The Bertz CT molecular complexity index is 455. The Balaban J connectivity index is 1.75. The maximum Gasteiger partial charge on any atom is 0.0717 e. The molecule has 0 saturated heterocycles. The lowest BCUT2D eigenvalue weighted by atomic mass is 10.2. The number of benzene rings is 2. The molecule has 2 nitrogen and oxygen atoms in total. The number of anilines is 1. The number of rotatable bonds is 7. The van der Waals surface area contributed by atoms with Crippen molar-refractivity contribution in [3.8, 4) is 0 Å². The van der Waals surface area contributed by atoms with E-state index < -0.39 is 0 Å². The van der Waals surface area contributed by atoms with Gasteiger partial charge in [0.05, 0.1) is 13.2 Å². The molecule has 2 rings (SSSR count). The van der Waals surface area contributed by atoms with Crippen molar-refractivity contribution in [3.05, 3.63) is 66.2 Å². The Morgan fingerprint density at radius 3 is 2.16 bits per heavy atom. The minimum atomic E-state index is 0.688. The second kappa shape index (κ2) is 7.59. The highest BCUT2D eigenvalue weighted by atomic mass is 16.5. The van der Waals surface area contributed by atoms with E-state index in [0.29, 0.717) is 6.61 Å². The van der Waals surface area contributed by atoms with Gasteiger partial charge >= 0.3 is 0 Å². The second-order valence-corrected chi connectivity index (χ2v) is 4.45. The van der Waals surface area contributed by atoms with Crippen LogP contribution in [0.5, 0.6) is 0 Å². The van der Waals surface area contributed by atoms with Gasteiger partial charge in [0.1, 0.15) is 0 Å². The molecule has 19 heavy (non-hydrogen) atoms. The fourth-order valence-electron chi connectivity index (χ4n) is 2.05. The number of nitrogens with zero attached hydrogens (tertiary/aromatic N) is 1. The summed E-state index contributed by atoms with van der Waals surface area (Å²) in [5, 5.41) is 0. The second-order valence-electron chi connectivity index (χ2n) is 4.45. The molecule has 0 radical (unpaired) electrons. The summed E-state index contributed by atoms with van der Waals surface area (Å²) in [6.45, 7) is 5.53. The first-order valence-electron chi connectivity index (χ1n) is 6.82. The molecule has 0 N–H and O–H groups in total. The lowest BCUT2D eigenvalue weighted by molar-refractivity contribution is 0.127. The van der Waals surface area contributed by atoms with Gasteiger partial charge in [-0.2, -0.15) is 0 Å². The first-order valence-corrected chi connectivity index (χ1v) is 6.82. The highest BCUT2D eigenvalue weighted by Gasteiger charge is 2.02. The van der Waals surface area contributed by atoms with Gasteiger partial charge < -0.3 is 9.64 Å². The van der Waals surface area contributed by atoms with E-state index in [4.69, 9.17) is 4.74 Å². The average Bonchev–Trinajstić information content (AvgIpc) is 2.49. The van der Waals surface area contributed by atoms with E-state index in [1.807, 2.05) is 24.3 Å². The van der Waals surface area contributed by atoms with Gasteiger partial charge in [-0.1, -0.05) is 48.5 Å². The number of hydrogen-bond donors (Lipinski definition) is 0. The summed E-state index contributed by atoms with van der Waals surface area (Å²) < 4.78 is 5.73. The molecule has 0 aliphatic heterocycles. The third-order valence-electron chi connectivity index (χ3n) is 3.12. The van der Waals surface area contributed by atoms with E-state index in [2.05, 4.69) is 48.2 Å². The van der Waals surface area contributed by atoms with Gasteiger partial charge in [-0.3, -0.25) is 0 Å². The van der Waals surface area contributed by atoms with E-state index in [0.717, 1.165) is 19.7 Å². The molecule has 100 valence electrons. The first kappa shape index (κ1) is 13.6. The molecular weight excluding hydrogens is 234 g/mol. The lowest BCUT2D eigenvalue weighted by Gasteiger charge is -2.22. The molecule has 0 atom stereocenters. The van der Waals surface area contributed by atoms with Crippen LogP contribution in [0.2, 0.25) is 0 Å². The summed E-state index contributed by atoms with van der Waals surface area (Å²) in [5.74, 6) is 0. The number of hydrogen-bond acceptors (Lipinski definition) is 2. The molecule has 0 fully saturated rings. The van der Waals surface area contributed by atoms with Gasteiger partial charge in [0.15, 0.2) is 0 Å². The van der Waals surface area contributed by atoms with Gasteiger partial charge in [-0.15, -0.1) is 0 Å². The molecule has 0 bridgehead atoms. The van der Waals surface area contributed by atoms with Crippen molar-refractivity contribution in [3.63, 3.8) is 0 Å². The van der Waals surface area contributed by atoms with Gasteiger partial charge in [-0.25, -0.2) is 0 Å². The van der Waals surface area contributed by atoms with Crippen molar-refractivity contribution in [1.82, 2.24) is 0 Å². The highest BCUT2D eigenvalue weighted by Crippen LogP contribution is 2.12. The summed E-state index contributed by atoms with van der Waals surface area (Å²) in [6.07, 6.45) is 0. The van der Waals surface area contributed by atoms with Crippen molar-refractivity contribution in [2.45, 2.75) is 13.5 Å². The van der Waals surface area contributed by atoms with E-state index in [9.17, 15) is 0 Å². The Morgan fingerprint density at radius 2 is 1.53 bits per heavy atom. The van der Waals surface area contributed by atoms with Crippen LogP contribution in [0.25, 0.3) is 0 Å². The maximum atomic E-state index is 5.73. The van der Waals surface area contributed by atoms with Crippen LogP contribution in [-0.2, 0) is 11.3 Å². The van der Waals surface area contributed by atoms with Crippen LogP contribution >= 0.6 is 0 Å². The topological polar surface area (TPSA) is 12.5 Å². The fourth-order valence-corrected chi connectivity index (χ4v) is 2.05. The largest absolute Gasteiger partial charge is 0.375 e. The predicted octanol–water partition coefficient (Wildman–Crippen LogP) is 3.73. The summed E-state index contributed by atoms with van der Waals surface area (Å²) >= 11 is 0. The molecule has 0 aliphatic rings. The molecule has 0 aromatic heterocycles. The molecule has 0 aliphatic carbocycles. The number of para-hydroxylation sites is 1. The van der Waals surface area contributed by atoms with E-state index in [1.54, 1.807) is 0 Å².